The van der Waals surface area contributed by atoms with Gasteiger partial charge in [-0.3, -0.25) is 9.48 Å². The van der Waals surface area contributed by atoms with Crippen LogP contribution in [0.4, 0.5) is 0 Å². The van der Waals surface area contributed by atoms with Gasteiger partial charge in [0.25, 0.3) is 5.91 Å². The maximum absolute atomic E-state index is 12.5. The Bertz CT molecular complexity index is 517. The molecule has 1 aliphatic rings. The van der Waals surface area contributed by atoms with Gasteiger partial charge in [-0.05, 0) is 46.1 Å². The van der Waals surface area contributed by atoms with Crippen molar-refractivity contribution in [3.05, 3.63) is 17.5 Å². The van der Waals surface area contributed by atoms with E-state index in [1.54, 1.807) is 0 Å². The van der Waals surface area contributed by atoms with Gasteiger partial charge in [0.1, 0.15) is 5.69 Å². The lowest BCUT2D eigenvalue weighted by molar-refractivity contribution is 0.0929. The first kappa shape index (κ1) is 20.0. The van der Waals surface area contributed by atoms with Crippen molar-refractivity contribution in [2.24, 2.45) is 5.73 Å². The van der Waals surface area contributed by atoms with E-state index >= 15 is 0 Å². The average Bonchev–Trinajstić information content (AvgIpc) is 3.20. The Morgan fingerprint density at radius 2 is 2.13 bits per heavy atom. The zero-order valence-electron chi connectivity index (χ0n) is 14.8. The summed E-state index contributed by atoms with van der Waals surface area (Å²) in [5.41, 5.74) is 7.37. The molecule has 0 aliphatic heterocycles. The van der Waals surface area contributed by atoms with Crippen LogP contribution in [0, 0.1) is 0 Å². The van der Waals surface area contributed by atoms with Crippen LogP contribution in [0.15, 0.2) is 6.07 Å². The van der Waals surface area contributed by atoms with Crippen LogP contribution in [0.1, 0.15) is 81.9 Å². The Kier molecular flexibility index (Phi) is 7.08. The zero-order valence-corrected chi connectivity index (χ0v) is 15.6. The van der Waals surface area contributed by atoms with E-state index in [4.69, 9.17) is 5.73 Å². The van der Waals surface area contributed by atoms with Crippen molar-refractivity contribution < 1.29 is 4.79 Å². The van der Waals surface area contributed by atoms with E-state index < -0.39 is 0 Å². The van der Waals surface area contributed by atoms with Crippen LogP contribution in [0.2, 0.25) is 0 Å². The van der Waals surface area contributed by atoms with Gasteiger partial charge in [-0.15, -0.1) is 12.4 Å². The van der Waals surface area contributed by atoms with Gasteiger partial charge < -0.3 is 11.1 Å². The maximum atomic E-state index is 12.5. The van der Waals surface area contributed by atoms with E-state index in [2.05, 4.69) is 38.1 Å². The number of nitrogens with one attached hydrogen (secondary N) is 1. The minimum Gasteiger partial charge on any atom is -0.347 e. The summed E-state index contributed by atoms with van der Waals surface area (Å²) >= 11 is 0. The summed E-state index contributed by atoms with van der Waals surface area (Å²) in [4.78, 5) is 12.5. The number of aromatic nitrogens is 2. The molecular weight excluding hydrogens is 312 g/mol. The molecule has 1 amide bonds. The number of amides is 1. The minimum absolute atomic E-state index is 0. The lowest BCUT2D eigenvalue weighted by Gasteiger charge is -2.22. The maximum Gasteiger partial charge on any atom is 0.272 e. The fraction of sp³-hybridized carbons (Fsp3) is 0.765. The van der Waals surface area contributed by atoms with Crippen LogP contribution in [-0.2, 0) is 5.54 Å². The summed E-state index contributed by atoms with van der Waals surface area (Å²) in [5, 5.41) is 7.60. The van der Waals surface area contributed by atoms with Gasteiger partial charge >= 0.3 is 0 Å². The molecule has 1 heterocycles. The highest BCUT2D eigenvalue weighted by atomic mass is 35.5. The first-order valence-electron chi connectivity index (χ1n) is 8.48. The number of hydrogen-bond acceptors (Lipinski definition) is 3. The standard InChI is InChI=1S/C17H30N4O.ClH/c1-5-6-7-13(11-18)19-16(22)14-10-15(12-8-9-12)21(20-14)17(2,3)4;/h10,12-13H,5-9,11,18H2,1-4H3,(H,19,22);1H. The van der Waals surface area contributed by atoms with Crippen molar-refractivity contribution in [3.63, 3.8) is 0 Å². The van der Waals surface area contributed by atoms with Crippen LogP contribution in [-0.4, -0.2) is 28.3 Å². The molecule has 1 atom stereocenters. The van der Waals surface area contributed by atoms with E-state index in [1.165, 1.54) is 18.5 Å². The lowest BCUT2D eigenvalue weighted by atomic mass is 10.1. The summed E-state index contributed by atoms with van der Waals surface area (Å²) in [6.07, 6.45) is 5.51. The van der Waals surface area contributed by atoms with Gasteiger partial charge in [-0.2, -0.15) is 5.10 Å². The summed E-state index contributed by atoms with van der Waals surface area (Å²) < 4.78 is 2.02. The molecule has 1 aromatic heterocycles. The number of carbonyl (C=O) groups excluding carboxylic acids is 1. The SMILES string of the molecule is CCCCC(CN)NC(=O)c1cc(C2CC2)n(C(C)(C)C)n1.Cl. The molecule has 0 aromatic carbocycles. The largest absolute Gasteiger partial charge is 0.347 e. The van der Waals surface area contributed by atoms with Crippen molar-refractivity contribution in [1.82, 2.24) is 15.1 Å². The van der Waals surface area contributed by atoms with Crippen molar-refractivity contribution >= 4 is 18.3 Å². The number of carbonyl (C=O) groups is 1. The number of nitrogens with zero attached hydrogens (tertiary/aromatic N) is 2. The molecule has 1 aromatic rings. The highest BCUT2D eigenvalue weighted by Crippen LogP contribution is 2.41. The van der Waals surface area contributed by atoms with E-state index in [9.17, 15) is 4.79 Å². The van der Waals surface area contributed by atoms with Crippen LogP contribution in [0.25, 0.3) is 0 Å². The number of nitrogens with two attached hydrogens (primary N) is 1. The molecule has 23 heavy (non-hydrogen) atoms. The molecule has 1 unspecified atom stereocenters. The van der Waals surface area contributed by atoms with Crippen molar-refractivity contribution in [2.75, 3.05) is 6.54 Å². The minimum atomic E-state index is -0.105. The van der Waals surface area contributed by atoms with Gasteiger partial charge in [-0.25, -0.2) is 0 Å². The molecule has 1 aliphatic carbocycles. The third kappa shape index (κ3) is 5.21. The van der Waals surface area contributed by atoms with E-state index in [-0.39, 0.29) is 29.9 Å². The first-order chi connectivity index (χ1) is 10.4. The topological polar surface area (TPSA) is 72.9 Å². The van der Waals surface area contributed by atoms with Crippen LogP contribution >= 0.6 is 12.4 Å². The predicted octanol–water partition coefficient (Wildman–Crippen LogP) is 3.18. The Labute approximate surface area is 145 Å². The lowest BCUT2D eigenvalue weighted by Crippen LogP contribution is -2.40. The highest BCUT2D eigenvalue weighted by molar-refractivity contribution is 5.92. The number of rotatable bonds is 7. The van der Waals surface area contributed by atoms with E-state index in [0.717, 1.165) is 19.3 Å². The molecule has 0 radical (unpaired) electrons. The van der Waals surface area contributed by atoms with E-state index in [1.807, 2.05) is 10.7 Å². The fourth-order valence-electron chi connectivity index (χ4n) is 2.67. The van der Waals surface area contributed by atoms with Crippen LogP contribution in [0.3, 0.4) is 0 Å². The zero-order chi connectivity index (χ0) is 16.3. The quantitative estimate of drug-likeness (QED) is 0.799. The van der Waals surface area contributed by atoms with E-state index in [0.29, 0.717) is 18.2 Å². The predicted molar refractivity (Wildman–Crippen MR) is 96.3 cm³/mol. The summed E-state index contributed by atoms with van der Waals surface area (Å²) in [5.74, 6) is 0.468. The molecule has 2 rings (SSSR count). The van der Waals surface area contributed by atoms with Gasteiger partial charge in [0.15, 0.2) is 0 Å². The molecular formula is C17H31ClN4O. The summed E-state index contributed by atoms with van der Waals surface area (Å²) in [6, 6.07) is 2.00. The number of halogens is 1. The molecule has 1 fully saturated rings. The first-order valence-corrected chi connectivity index (χ1v) is 8.48. The van der Waals surface area contributed by atoms with Gasteiger partial charge in [0.05, 0.1) is 5.54 Å². The molecule has 132 valence electrons. The van der Waals surface area contributed by atoms with Gasteiger partial charge in [-0.1, -0.05) is 19.8 Å². The molecule has 0 spiro atoms. The van der Waals surface area contributed by atoms with Crippen molar-refractivity contribution in [1.29, 1.82) is 0 Å². The summed E-state index contributed by atoms with van der Waals surface area (Å²) in [7, 11) is 0. The summed E-state index contributed by atoms with van der Waals surface area (Å²) in [6.45, 7) is 8.98. The van der Waals surface area contributed by atoms with Gasteiger partial charge in [0.2, 0.25) is 0 Å². The Hall–Kier alpha value is -1.07. The number of unbranched alkanes of at least 4 members (excludes halogenated alkanes) is 1. The average molecular weight is 343 g/mol. The monoisotopic (exact) mass is 342 g/mol. The van der Waals surface area contributed by atoms with Gasteiger partial charge in [0, 0.05) is 24.2 Å². The molecule has 0 saturated heterocycles. The molecule has 5 nitrogen and oxygen atoms in total. The highest BCUT2D eigenvalue weighted by Gasteiger charge is 2.32. The molecule has 1 saturated carbocycles. The van der Waals surface area contributed by atoms with Crippen LogP contribution < -0.4 is 11.1 Å². The second kappa shape index (κ2) is 8.15. The molecule has 3 N–H and O–H groups in total. The normalized spacial score (nSPS) is 15.9. The number of hydrogen-bond donors (Lipinski definition) is 2. The Balaban J connectivity index is 0.00000264. The van der Waals surface area contributed by atoms with Crippen molar-refractivity contribution in [2.45, 2.75) is 77.3 Å². The molecule has 6 heteroatoms. The van der Waals surface area contributed by atoms with Crippen LogP contribution in [0.5, 0.6) is 0 Å². The molecule has 0 bridgehead atoms. The second-order valence-corrected chi connectivity index (χ2v) is 7.36. The smallest absolute Gasteiger partial charge is 0.272 e. The fourth-order valence-corrected chi connectivity index (χ4v) is 2.67. The second-order valence-electron chi connectivity index (χ2n) is 7.36. The third-order valence-electron chi connectivity index (χ3n) is 4.13. The Morgan fingerprint density at radius 1 is 1.48 bits per heavy atom. The third-order valence-corrected chi connectivity index (χ3v) is 4.13. The Morgan fingerprint density at radius 3 is 2.61 bits per heavy atom. The van der Waals surface area contributed by atoms with Crippen molar-refractivity contribution in [3.8, 4) is 0 Å².